The third-order valence-electron chi connectivity index (χ3n) is 4.25. The number of carbonyl (C=O) groups is 1. The molecular weight excluding hydrogens is 382 g/mol. The van der Waals surface area contributed by atoms with Crippen molar-refractivity contribution in [3.63, 3.8) is 0 Å². The van der Waals surface area contributed by atoms with E-state index in [1.807, 2.05) is 6.07 Å². The van der Waals surface area contributed by atoms with E-state index in [-0.39, 0.29) is 0 Å². The molecule has 146 valence electrons. The molecule has 0 aliphatic carbocycles. The average Bonchev–Trinajstić information content (AvgIpc) is 3.10. The Morgan fingerprint density at radius 1 is 1.11 bits per heavy atom. The van der Waals surface area contributed by atoms with Crippen molar-refractivity contribution >= 4 is 16.0 Å². The average molecular weight is 401 g/mol. The number of hydrogen-bond donors (Lipinski definition) is 2. The van der Waals surface area contributed by atoms with Crippen LogP contribution < -0.4 is 9.46 Å². The van der Waals surface area contributed by atoms with Gasteiger partial charge in [-0.05, 0) is 23.3 Å². The maximum absolute atomic E-state index is 13.0. The fourth-order valence-corrected chi connectivity index (χ4v) is 4.22. The van der Waals surface area contributed by atoms with E-state index in [1.54, 1.807) is 55.6 Å². The van der Waals surface area contributed by atoms with Crippen molar-refractivity contribution in [2.45, 2.75) is 10.9 Å². The summed E-state index contributed by atoms with van der Waals surface area (Å²) in [5.74, 6) is -0.736. The minimum absolute atomic E-state index is 0.392. The van der Waals surface area contributed by atoms with E-state index in [1.165, 1.54) is 7.05 Å². The highest BCUT2D eigenvalue weighted by molar-refractivity contribution is 7.89. The van der Waals surface area contributed by atoms with Gasteiger partial charge in [0.15, 0.2) is 5.69 Å². The highest BCUT2D eigenvalue weighted by Crippen LogP contribution is 2.27. The van der Waals surface area contributed by atoms with Crippen molar-refractivity contribution in [2.24, 2.45) is 7.05 Å². The molecule has 2 N–H and O–H groups in total. The zero-order valence-electron chi connectivity index (χ0n) is 15.2. The number of carboxylic acid groups (broad SMARTS) is 1. The summed E-state index contributed by atoms with van der Waals surface area (Å²) >= 11 is 0. The molecule has 0 spiro atoms. The molecule has 0 bridgehead atoms. The zero-order valence-corrected chi connectivity index (χ0v) is 16.1. The Hall–Kier alpha value is -3.17. The molecule has 1 unspecified atom stereocenters. The number of aryl methyl sites for hydroxylation is 1. The molecule has 0 saturated heterocycles. The van der Waals surface area contributed by atoms with E-state index >= 15 is 0 Å². The number of aromatic nitrogens is 2. The Bertz CT molecular complexity index is 1080. The number of benzene rings is 2. The van der Waals surface area contributed by atoms with Crippen LogP contribution in [0.25, 0.3) is 0 Å². The van der Waals surface area contributed by atoms with Gasteiger partial charge in [0.25, 0.3) is 0 Å². The summed E-state index contributed by atoms with van der Waals surface area (Å²) in [6.07, 6.45) is 1.03. The number of nitrogens with one attached hydrogen (secondary N) is 1. The van der Waals surface area contributed by atoms with Gasteiger partial charge in [0, 0.05) is 7.05 Å². The van der Waals surface area contributed by atoms with Crippen LogP contribution in [0.2, 0.25) is 0 Å². The van der Waals surface area contributed by atoms with Crippen molar-refractivity contribution < 1.29 is 23.1 Å². The Morgan fingerprint density at radius 2 is 1.71 bits per heavy atom. The number of nitrogens with zero attached hydrogens (tertiary/aromatic N) is 2. The van der Waals surface area contributed by atoms with Crippen LogP contribution in [0.4, 0.5) is 0 Å². The molecule has 3 rings (SSSR count). The van der Waals surface area contributed by atoms with Crippen LogP contribution in [0.3, 0.4) is 0 Å². The highest BCUT2D eigenvalue weighted by Gasteiger charge is 2.30. The van der Waals surface area contributed by atoms with Gasteiger partial charge in [-0.1, -0.05) is 42.5 Å². The molecule has 8 nitrogen and oxygen atoms in total. The lowest BCUT2D eigenvalue weighted by atomic mass is 10.00. The van der Waals surface area contributed by atoms with Gasteiger partial charge in [-0.2, -0.15) is 9.82 Å². The summed E-state index contributed by atoms with van der Waals surface area (Å²) in [5, 5.41) is 13.1. The number of aromatic carboxylic acids is 1. The van der Waals surface area contributed by atoms with Gasteiger partial charge in [0.2, 0.25) is 10.0 Å². The van der Waals surface area contributed by atoms with Crippen LogP contribution >= 0.6 is 0 Å². The number of sulfonamides is 1. The smallest absolute Gasteiger partial charge is 0.355 e. The topological polar surface area (TPSA) is 111 Å². The first kappa shape index (κ1) is 19.6. The quantitative estimate of drug-likeness (QED) is 0.628. The Kier molecular flexibility index (Phi) is 5.48. The fourth-order valence-electron chi connectivity index (χ4n) is 2.85. The van der Waals surface area contributed by atoms with Crippen LogP contribution in [-0.2, 0) is 17.1 Å². The second-order valence-corrected chi connectivity index (χ2v) is 7.71. The summed E-state index contributed by atoms with van der Waals surface area (Å²) in [6.45, 7) is 0. The van der Waals surface area contributed by atoms with Gasteiger partial charge < -0.3 is 9.84 Å². The van der Waals surface area contributed by atoms with E-state index in [0.29, 0.717) is 16.9 Å². The number of ether oxygens (including phenoxy) is 1. The van der Waals surface area contributed by atoms with E-state index in [9.17, 15) is 18.3 Å². The largest absolute Gasteiger partial charge is 0.497 e. The third-order valence-corrected chi connectivity index (χ3v) is 5.68. The molecule has 0 fully saturated rings. The van der Waals surface area contributed by atoms with Crippen molar-refractivity contribution in [3.05, 3.63) is 77.6 Å². The molecule has 9 heteroatoms. The summed E-state index contributed by atoms with van der Waals surface area (Å²) in [5.41, 5.74) is 0.974. The van der Waals surface area contributed by atoms with Crippen molar-refractivity contribution in [2.75, 3.05) is 7.11 Å². The lowest BCUT2D eigenvalue weighted by Gasteiger charge is -2.20. The number of rotatable bonds is 7. The summed E-state index contributed by atoms with van der Waals surface area (Å²) in [6, 6.07) is 15.2. The maximum atomic E-state index is 13.0. The van der Waals surface area contributed by atoms with Crippen LogP contribution in [-0.4, -0.2) is 36.4 Å². The SMILES string of the molecule is COc1ccc(C(NS(=O)(=O)c2cnn(C)c2C(=O)O)c2ccccc2)cc1. The van der Waals surface area contributed by atoms with E-state index in [2.05, 4.69) is 9.82 Å². The molecule has 2 aromatic carbocycles. The monoisotopic (exact) mass is 401 g/mol. The van der Waals surface area contributed by atoms with Crippen LogP contribution in [0, 0.1) is 0 Å². The normalized spacial score (nSPS) is 12.5. The number of methoxy groups -OCH3 is 1. The lowest BCUT2D eigenvalue weighted by Crippen LogP contribution is -2.30. The molecule has 0 aliphatic heterocycles. The minimum atomic E-state index is -4.17. The molecule has 1 atom stereocenters. The van der Waals surface area contributed by atoms with Gasteiger partial charge in [-0.15, -0.1) is 0 Å². The van der Waals surface area contributed by atoms with Gasteiger partial charge in [-0.25, -0.2) is 13.2 Å². The summed E-state index contributed by atoms with van der Waals surface area (Å²) in [4.78, 5) is 11.1. The van der Waals surface area contributed by atoms with Crippen LogP contribution in [0.15, 0.2) is 65.7 Å². The van der Waals surface area contributed by atoms with E-state index < -0.39 is 32.6 Å². The van der Waals surface area contributed by atoms with Crippen molar-refractivity contribution in [3.8, 4) is 5.75 Å². The van der Waals surface area contributed by atoms with E-state index in [0.717, 1.165) is 10.9 Å². The molecule has 28 heavy (non-hydrogen) atoms. The maximum Gasteiger partial charge on any atom is 0.355 e. The Balaban J connectivity index is 2.05. The Labute approximate surface area is 162 Å². The van der Waals surface area contributed by atoms with Gasteiger partial charge in [0.05, 0.1) is 19.3 Å². The van der Waals surface area contributed by atoms with Gasteiger partial charge in [-0.3, -0.25) is 4.68 Å². The molecule has 1 heterocycles. The predicted molar refractivity (Wildman–Crippen MR) is 102 cm³/mol. The molecule has 0 saturated carbocycles. The van der Waals surface area contributed by atoms with Gasteiger partial charge in [0.1, 0.15) is 10.6 Å². The van der Waals surface area contributed by atoms with Crippen LogP contribution in [0.1, 0.15) is 27.7 Å². The molecule has 3 aromatic rings. The molecule has 0 amide bonds. The third kappa shape index (κ3) is 3.90. The van der Waals surface area contributed by atoms with Crippen LogP contribution in [0.5, 0.6) is 5.75 Å². The second kappa shape index (κ2) is 7.83. The Morgan fingerprint density at radius 3 is 2.29 bits per heavy atom. The van der Waals surface area contributed by atoms with Crippen molar-refractivity contribution in [1.82, 2.24) is 14.5 Å². The zero-order chi connectivity index (χ0) is 20.3. The second-order valence-electron chi connectivity index (χ2n) is 6.02. The first-order chi connectivity index (χ1) is 13.3. The highest BCUT2D eigenvalue weighted by atomic mass is 32.2. The van der Waals surface area contributed by atoms with Crippen molar-refractivity contribution in [1.29, 1.82) is 0 Å². The summed E-state index contributed by atoms with van der Waals surface area (Å²) in [7, 11) is -1.25. The first-order valence-electron chi connectivity index (χ1n) is 8.30. The van der Waals surface area contributed by atoms with E-state index in [4.69, 9.17) is 4.74 Å². The molecular formula is C19H19N3O5S. The number of carboxylic acids is 1. The predicted octanol–water partition coefficient (Wildman–Crippen LogP) is 2.19. The minimum Gasteiger partial charge on any atom is -0.497 e. The first-order valence-corrected chi connectivity index (χ1v) is 9.78. The standard InChI is InChI=1S/C19H19N3O5S/c1-22-18(19(23)24)16(12-20-22)28(25,26)21-17(13-6-4-3-5-7-13)14-8-10-15(27-2)11-9-14/h3-12,17,21H,1-2H3,(H,23,24). The molecule has 0 radical (unpaired) electrons. The summed E-state index contributed by atoms with van der Waals surface area (Å²) < 4.78 is 34.8. The lowest BCUT2D eigenvalue weighted by molar-refractivity contribution is 0.0680. The fraction of sp³-hybridized carbons (Fsp3) is 0.158. The molecule has 1 aromatic heterocycles. The number of hydrogen-bond acceptors (Lipinski definition) is 5. The van der Waals surface area contributed by atoms with Gasteiger partial charge >= 0.3 is 5.97 Å². The molecule has 0 aliphatic rings.